The van der Waals surface area contributed by atoms with Crippen LogP contribution in [0, 0.1) is 82.7 Å². The van der Waals surface area contributed by atoms with E-state index >= 15 is 0 Å². The van der Waals surface area contributed by atoms with Crippen LogP contribution in [0.3, 0.4) is 0 Å². The topological polar surface area (TPSA) is 452 Å². The molecule has 1 atom stereocenters. The average molecular weight is 1840 g/mol. The maximum Gasteiger partial charge on any atom is 0.267 e. The quantitative estimate of drug-likeness (QED) is 0.0306. The molecule has 2 aliphatic heterocycles. The molecule has 118 heavy (non-hydrogen) atoms. The van der Waals surface area contributed by atoms with Gasteiger partial charge in [-0.1, -0.05) is 56.0 Å². The summed E-state index contributed by atoms with van der Waals surface area (Å²) in [5.41, 5.74) is -2.84. The van der Waals surface area contributed by atoms with E-state index in [1.165, 1.54) is 50.6 Å². The number of Topliss-reactive ketones (excluding diaryl/α,β-unsaturated/α-hetero) is 4. The number of aromatic nitrogens is 4. The van der Waals surface area contributed by atoms with Crippen LogP contribution in [0.5, 0.6) is 23.0 Å². The predicted octanol–water partition coefficient (Wildman–Crippen LogP) is 16.4. The van der Waals surface area contributed by atoms with Crippen molar-refractivity contribution in [1.29, 1.82) is 0 Å². The van der Waals surface area contributed by atoms with Crippen LogP contribution in [0.2, 0.25) is 12.9 Å². The molecular weight excluding hydrogens is 1730 g/mol. The van der Waals surface area contributed by atoms with Crippen molar-refractivity contribution in [2.75, 3.05) is 43.0 Å². The molecule has 32 nitrogen and oxygen atoms in total. The fourth-order valence-corrected chi connectivity index (χ4v) is 19.5. The Morgan fingerprint density at radius 3 is 1.22 bits per heavy atom. The highest BCUT2D eigenvalue weighted by molar-refractivity contribution is 7.94. The molecule has 620 valence electrons. The number of carbonyl (C=O) groups excluding carboxylic acids is 6. The van der Waals surface area contributed by atoms with Crippen molar-refractivity contribution in [2.45, 2.75) is 129 Å². The van der Waals surface area contributed by atoms with Crippen molar-refractivity contribution >= 4 is 179 Å². The molecular formula is C76H72Cl2N10O22S8. The summed E-state index contributed by atoms with van der Waals surface area (Å²) >= 11 is 14.3. The van der Waals surface area contributed by atoms with E-state index in [2.05, 4.69) is 49.8 Å². The summed E-state index contributed by atoms with van der Waals surface area (Å²) < 4.78 is 390. The van der Waals surface area contributed by atoms with E-state index in [9.17, 15) is 62.4 Å². The lowest BCUT2D eigenvalue weighted by Gasteiger charge is -2.14. The molecule has 0 radical (unpaired) electrons. The highest BCUT2D eigenvalue weighted by Crippen LogP contribution is 2.40. The predicted molar refractivity (Wildman–Crippen MR) is 443 cm³/mol. The SMILES string of the molecule is [2H]C([2H])([2H])c1c(C)noc1NS(=O)(=O)c1ccsc1C(=O)Nc1c(C)cc(C)cc1C(C)=O.[2H]C([2H])([2H])c1noc(NS(=O)(=O)c2ccsc2C(=O)Nc2c(C)cc(C)cc2C(C)=O)c1C.[2H]c1c2c(c([2H])c(C([2H])([2H])C(=O)c3sccc3S(=O)(=O)N([2H])c3onc(C([2H])([2H])[2H])c3Cl)c1C([2H])([2H])[2H])OC([2H])([2H])O2.[2H]c1c2c(c([2H])c(C([2H])([2H])C(=O)c3sccc3S(=O)(=O)N([2H])c3onc(C([2H])([2H])[2H])c3Cl)c1C([2H])([2H])[2H])OC([2H])O2. The third-order valence-electron chi connectivity index (χ3n) is 15.5. The van der Waals surface area contributed by atoms with Crippen LogP contribution in [0.4, 0.5) is 34.9 Å². The molecule has 0 aliphatic carbocycles. The van der Waals surface area contributed by atoms with Gasteiger partial charge in [0.25, 0.3) is 63.7 Å². The van der Waals surface area contributed by atoms with E-state index in [1.807, 2.05) is 13.8 Å². The van der Waals surface area contributed by atoms with Gasteiger partial charge in [0.1, 0.15) is 54.9 Å². The number of hydrogen-bond acceptors (Lipinski definition) is 30. The van der Waals surface area contributed by atoms with Crippen molar-refractivity contribution in [1.82, 2.24) is 20.6 Å². The summed E-state index contributed by atoms with van der Waals surface area (Å²) in [7, 11) is -19.0. The Bertz CT molecular complexity index is 7920. The minimum Gasteiger partial charge on any atom is -0.454 e. The normalized spacial score (nSPS) is 17.9. The molecule has 2 amide bonds. The number of anilines is 6. The lowest BCUT2D eigenvalue weighted by molar-refractivity contribution is 0.0985. The lowest BCUT2D eigenvalue weighted by Crippen LogP contribution is -2.20. The van der Waals surface area contributed by atoms with Crippen molar-refractivity contribution in [3.8, 4) is 23.0 Å². The van der Waals surface area contributed by atoms with E-state index in [0.717, 1.165) is 56.7 Å². The van der Waals surface area contributed by atoms with E-state index in [4.69, 9.17) is 93.8 Å². The number of halogens is 2. The van der Waals surface area contributed by atoms with Gasteiger partial charge in [-0.25, -0.2) is 52.5 Å². The number of benzene rings is 4. The van der Waals surface area contributed by atoms with Gasteiger partial charge in [0.2, 0.25) is 25.3 Å². The van der Waals surface area contributed by atoms with Crippen LogP contribution >= 0.6 is 68.5 Å². The van der Waals surface area contributed by atoms with Crippen LogP contribution < -0.4 is 48.5 Å². The summed E-state index contributed by atoms with van der Waals surface area (Å²) in [5, 5.41) is 21.8. The maximum atomic E-state index is 13.6. The second-order valence-electron chi connectivity index (χ2n) is 23.9. The molecule has 42 heteroatoms. The van der Waals surface area contributed by atoms with Crippen molar-refractivity contribution in [3.63, 3.8) is 0 Å². The number of ether oxygens (including phenoxy) is 4. The van der Waals surface area contributed by atoms with Crippen LogP contribution in [0.25, 0.3) is 0 Å². The zero-order chi connectivity index (χ0) is 112. The van der Waals surface area contributed by atoms with Gasteiger partial charge < -0.3 is 47.7 Å². The lowest BCUT2D eigenvalue weighted by atomic mass is 10.0. The number of sulfonamides is 4. The molecule has 0 bridgehead atoms. The number of amides is 2. The number of nitrogens with one attached hydrogen (secondary N) is 6. The molecule has 1 unspecified atom stereocenters. The van der Waals surface area contributed by atoms with Crippen molar-refractivity contribution < 1.29 is 142 Å². The van der Waals surface area contributed by atoms with Gasteiger partial charge in [-0.3, -0.25) is 28.8 Å². The second-order valence-corrected chi connectivity index (χ2v) is 34.8. The summed E-state index contributed by atoms with van der Waals surface area (Å²) in [5.74, 6) is -11.2. The zero-order valence-electron chi connectivity index (χ0n) is 91.7. The molecule has 0 fully saturated rings. The van der Waals surface area contributed by atoms with Gasteiger partial charge in [-0.15, -0.1) is 45.3 Å². The number of nitrogens with zero attached hydrogens (tertiary/aromatic N) is 4. The summed E-state index contributed by atoms with van der Waals surface area (Å²) in [4.78, 5) is 72.7. The largest absolute Gasteiger partial charge is 0.454 e. The number of carbonyl (C=O) groups is 6. The number of rotatable bonds is 24. The van der Waals surface area contributed by atoms with Gasteiger partial charge in [-0.05, 0) is 223 Å². The van der Waals surface area contributed by atoms with Gasteiger partial charge in [0.05, 0.1) is 38.0 Å². The van der Waals surface area contributed by atoms with Crippen molar-refractivity contribution in [3.05, 3.63) is 213 Å². The first kappa shape index (κ1) is 54.8. The molecule has 4 aromatic carbocycles. The Kier molecular flexibility index (Phi) is 16.6. The standard InChI is InChI=1S/2C20H21N3O5S2.2C18H15ClN2O6S2/c2*1-10-8-11(2)17(15(9-10)14(5)24)21-19(25)18-16(6-7-29-18)30(26,27)23-20-12(3)13(4)22-28-20;2*1-9-5-13-14(26-8-25-13)7-11(9)6-12(22)17-15(3-4-28-17)29(23,24)21-18-16(19)10(2)20-27-18/h2*6-9,23H,1-5H3,(H,21,25);2*3-5,7,21H,6,8H2,1-2H3/i4D3;3D3;1D3,2D3,5D,6D2,7D,8D2;1D3,2D3,5D,6D2,7D,8D/hD2. The Morgan fingerprint density at radius 1 is 0.466 bits per heavy atom. The molecule has 10 heterocycles. The number of ketones is 4. The highest BCUT2D eigenvalue weighted by Gasteiger charge is 2.34. The molecule has 0 spiro atoms. The first-order chi connectivity index (χ1) is 68.0. The minimum atomic E-state index is -5.17. The highest BCUT2D eigenvalue weighted by atomic mass is 35.5. The summed E-state index contributed by atoms with van der Waals surface area (Å²) in [6.07, 6.45) is -7.03. The van der Waals surface area contributed by atoms with Crippen LogP contribution in [0.1, 0.15) is 191 Å². The third kappa shape index (κ3) is 19.5. The van der Waals surface area contributed by atoms with E-state index in [1.54, 1.807) is 38.1 Å². The zero-order valence-corrected chi connectivity index (χ0v) is 68.7. The number of thiophene rings is 4. The Labute approximate surface area is 745 Å². The summed E-state index contributed by atoms with van der Waals surface area (Å²) in [6, 6.07) is 6.76. The third-order valence-corrected chi connectivity index (χ3v) is 25.7. The second kappa shape index (κ2) is 35.6. The van der Waals surface area contributed by atoms with Gasteiger partial charge >= 0.3 is 0 Å². The first-order valence-corrected chi connectivity index (χ1v) is 42.3. The van der Waals surface area contributed by atoms with E-state index in [0.29, 0.717) is 56.3 Å². The average Bonchev–Trinajstić information content (AvgIpc) is 1.63. The Balaban J connectivity index is 0.000000190. The molecule has 2 aliphatic rings. The fraction of sp³-hybridized carbons (Fsp3) is 0.237. The van der Waals surface area contributed by atoms with Crippen LogP contribution in [0.15, 0.2) is 132 Å². The van der Waals surface area contributed by atoms with Gasteiger partial charge in [0.15, 0.2) is 49.0 Å². The molecule has 6 N–H and O–H groups in total. The molecule has 14 rings (SSSR count). The monoisotopic (exact) mass is 1830 g/mol. The number of aryl methyl sites for hydroxylation is 8. The van der Waals surface area contributed by atoms with Gasteiger partial charge in [-0.2, -0.15) is 0 Å². The molecule has 12 aromatic rings. The van der Waals surface area contributed by atoms with Gasteiger partial charge in [0, 0.05) is 65.2 Å². The maximum absolute atomic E-state index is 13.6. The number of hydrogen-bond donors (Lipinski definition) is 6. The molecule has 8 aromatic heterocycles. The van der Waals surface area contributed by atoms with Crippen molar-refractivity contribution in [2.24, 2.45) is 0 Å². The number of fused-ring (bicyclic) bond motifs is 2. The van der Waals surface area contributed by atoms with E-state index < -0.39 is 259 Å². The summed E-state index contributed by atoms with van der Waals surface area (Å²) in [6.45, 7) is -9.91. The smallest absolute Gasteiger partial charge is 0.267 e. The van der Waals surface area contributed by atoms with Crippen LogP contribution in [-0.4, -0.2) is 103 Å². The van der Waals surface area contributed by atoms with Crippen LogP contribution in [-0.2, 0) is 52.8 Å². The molecule has 0 saturated carbocycles. The van der Waals surface area contributed by atoms with E-state index in [-0.39, 0.29) is 68.9 Å². The Morgan fingerprint density at radius 2 is 0.831 bits per heavy atom. The molecule has 0 saturated heterocycles. The fourth-order valence-electron chi connectivity index (χ4n) is 10.0. The minimum absolute atomic E-state index is 0.0150. The Hall–Kier alpha value is -11.1. The first-order valence-electron chi connectivity index (χ1n) is 47.6.